The molecule has 1 amide bonds. The van der Waals surface area contributed by atoms with E-state index in [0.29, 0.717) is 5.69 Å². The zero-order chi connectivity index (χ0) is 13.1. The number of rotatable bonds is 5. The van der Waals surface area contributed by atoms with Crippen LogP contribution in [-0.2, 0) is 14.8 Å². The molecular formula is C10H15N3O3S. The lowest BCUT2D eigenvalue weighted by Crippen LogP contribution is -2.28. The Morgan fingerprint density at radius 2 is 2.06 bits per heavy atom. The van der Waals surface area contributed by atoms with Gasteiger partial charge in [-0.2, -0.15) is 0 Å². The van der Waals surface area contributed by atoms with Crippen LogP contribution in [0.1, 0.15) is 12.0 Å². The average molecular weight is 257 g/mol. The van der Waals surface area contributed by atoms with E-state index in [-0.39, 0.29) is 17.9 Å². The first kappa shape index (κ1) is 13.5. The molecule has 17 heavy (non-hydrogen) atoms. The van der Waals surface area contributed by atoms with Gasteiger partial charge in [0, 0.05) is 18.7 Å². The Hall–Kier alpha value is -1.60. The molecule has 0 fully saturated rings. The second-order valence-corrected chi connectivity index (χ2v) is 5.40. The molecule has 0 heterocycles. The van der Waals surface area contributed by atoms with Gasteiger partial charge in [-0.15, -0.1) is 0 Å². The summed E-state index contributed by atoms with van der Waals surface area (Å²) in [6.45, 7) is 1.76. The van der Waals surface area contributed by atoms with Crippen LogP contribution >= 0.6 is 0 Å². The minimum atomic E-state index is -3.63. The quantitative estimate of drug-likeness (QED) is 0.630. The average Bonchev–Trinajstić information content (AvgIpc) is 2.21. The van der Waals surface area contributed by atoms with Gasteiger partial charge in [-0.25, -0.2) is 13.1 Å². The molecule has 0 bridgehead atoms. The number of primary amides is 1. The molecule has 5 N–H and O–H groups in total. The van der Waals surface area contributed by atoms with E-state index in [2.05, 4.69) is 4.72 Å². The predicted octanol–water partition coefficient (Wildman–Crippen LogP) is -0.269. The van der Waals surface area contributed by atoms with Gasteiger partial charge in [0.15, 0.2) is 0 Å². The first-order valence-corrected chi connectivity index (χ1v) is 6.45. The van der Waals surface area contributed by atoms with E-state index in [0.717, 1.165) is 5.56 Å². The first-order valence-electron chi connectivity index (χ1n) is 4.97. The van der Waals surface area contributed by atoms with Gasteiger partial charge < -0.3 is 11.5 Å². The van der Waals surface area contributed by atoms with Crippen LogP contribution < -0.4 is 16.2 Å². The highest BCUT2D eigenvalue weighted by atomic mass is 32.2. The van der Waals surface area contributed by atoms with Crippen LogP contribution in [0.5, 0.6) is 0 Å². The third-order valence-electron chi connectivity index (χ3n) is 2.22. The summed E-state index contributed by atoms with van der Waals surface area (Å²) in [7, 11) is -3.63. The predicted molar refractivity (Wildman–Crippen MR) is 64.6 cm³/mol. The highest BCUT2D eigenvalue weighted by Crippen LogP contribution is 2.16. The molecule has 0 aliphatic heterocycles. The lowest BCUT2D eigenvalue weighted by Gasteiger charge is -2.07. The number of hydrogen-bond donors (Lipinski definition) is 3. The highest BCUT2D eigenvalue weighted by Gasteiger charge is 2.14. The van der Waals surface area contributed by atoms with E-state index in [4.69, 9.17) is 11.5 Å². The standard InChI is InChI=1S/C10H15N3O3S/c1-7-2-3-8(6-9(7)11)17(15,16)13-5-4-10(12)14/h2-3,6,13H,4-5,11H2,1H3,(H2,12,14). The molecule has 0 spiro atoms. The van der Waals surface area contributed by atoms with Crippen molar-refractivity contribution in [2.75, 3.05) is 12.3 Å². The Morgan fingerprint density at radius 1 is 1.41 bits per heavy atom. The number of nitrogens with one attached hydrogen (secondary N) is 1. The Balaban J connectivity index is 2.82. The van der Waals surface area contributed by atoms with E-state index in [1.807, 2.05) is 0 Å². The lowest BCUT2D eigenvalue weighted by molar-refractivity contribution is -0.117. The van der Waals surface area contributed by atoms with Crippen LogP contribution in [0.2, 0.25) is 0 Å². The van der Waals surface area contributed by atoms with Crippen molar-refractivity contribution in [3.63, 3.8) is 0 Å². The molecule has 0 aromatic heterocycles. The van der Waals surface area contributed by atoms with E-state index < -0.39 is 15.9 Å². The second-order valence-electron chi connectivity index (χ2n) is 3.63. The third-order valence-corrected chi connectivity index (χ3v) is 3.68. The van der Waals surface area contributed by atoms with Crippen molar-refractivity contribution in [1.29, 1.82) is 0 Å². The molecule has 1 aromatic rings. The summed E-state index contributed by atoms with van der Waals surface area (Å²) in [6, 6.07) is 4.46. The van der Waals surface area contributed by atoms with E-state index in [1.165, 1.54) is 12.1 Å². The van der Waals surface area contributed by atoms with Gasteiger partial charge in [0.2, 0.25) is 15.9 Å². The maximum Gasteiger partial charge on any atom is 0.240 e. The van der Waals surface area contributed by atoms with E-state index in [1.54, 1.807) is 13.0 Å². The molecule has 0 radical (unpaired) electrons. The fraction of sp³-hybridized carbons (Fsp3) is 0.300. The minimum Gasteiger partial charge on any atom is -0.398 e. The third kappa shape index (κ3) is 3.72. The number of carbonyl (C=O) groups is 1. The fourth-order valence-electron chi connectivity index (χ4n) is 1.18. The maximum atomic E-state index is 11.8. The first-order chi connectivity index (χ1) is 7.83. The summed E-state index contributed by atoms with van der Waals surface area (Å²) in [5.74, 6) is -0.559. The number of nitrogens with two attached hydrogens (primary N) is 2. The van der Waals surface area contributed by atoms with Gasteiger partial charge in [-0.05, 0) is 24.6 Å². The molecule has 1 aromatic carbocycles. The number of amides is 1. The van der Waals surface area contributed by atoms with Crippen molar-refractivity contribution in [2.45, 2.75) is 18.2 Å². The summed E-state index contributed by atoms with van der Waals surface area (Å²) in [5.41, 5.74) is 11.8. The molecule has 6 nitrogen and oxygen atoms in total. The summed E-state index contributed by atoms with van der Waals surface area (Å²) in [4.78, 5) is 10.6. The molecule has 0 saturated carbocycles. The Labute approximate surface area is 100 Å². The molecule has 0 aliphatic carbocycles. The number of hydrogen-bond acceptors (Lipinski definition) is 4. The maximum absolute atomic E-state index is 11.8. The Kier molecular flexibility index (Phi) is 4.08. The van der Waals surface area contributed by atoms with Crippen molar-refractivity contribution < 1.29 is 13.2 Å². The normalized spacial score (nSPS) is 11.4. The van der Waals surface area contributed by atoms with Crippen molar-refractivity contribution >= 4 is 21.6 Å². The van der Waals surface area contributed by atoms with Crippen molar-refractivity contribution in [2.24, 2.45) is 5.73 Å². The van der Waals surface area contributed by atoms with Crippen LogP contribution in [0.25, 0.3) is 0 Å². The molecule has 7 heteroatoms. The second kappa shape index (κ2) is 5.15. The van der Waals surface area contributed by atoms with Crippen LogP contribution in [-0.4, -0.2) is 20.9 Å². The lowest BCUT2D eigenvalue weighted by atomic mass is 10.2. The summed E-state index contributed by atoms with van der Waals surface area (Å²) in [5, 5.41) is 0. The molecule has 1 rings (SSSR count). The highest BCUT2D eigenvalue weighted by molar-refractivity contribution is 7.89. The van der Waals surface area contributed by atoms with Crippen molar-refractivity contribution in [3.8, 4) is 0 Å². The number of benzene rings is 1. The summed E-state index contributed by atoms with van der Waals surface area (Å²) in [6.07, 6.45) is -0.0411. The van der Waals surface area contributed by atoms with Gasteiger partial charge in [0.1, 0.15) is 0 Å². The monoisotopic (exact) mass is 257 g/mol. The Morgan fingerprint density at radius 3 is 2.59 bits per heavy atom. The largest absolute Gasteiger partial charge is 0.398 e. The van der Waals surface area contributed by atoms with Crippen molar-refractivity contribution in [1.82, 2.24) is 4.72 Å². The van der Waals surface area contributed by atoms with Gasteiger partial charge >= 0.3 is 0 Å². The molecule has 0 saturated heterocycles. The number of aryl methyl sites for hydroxylation is 1. The smallest absolute Gasteiger partial charge is 0.240 e. The number of sulfonamides is 1. The number of anilines is 1. The number of nitrogen functional groups attached to an aromatic ring is 1. The summed E-state index contributed by atoms with van der Waals surface area (Å²) < 4.78 is 25.8. The van der Waals surface area contributed by atoms with Gasteiger partial charge in [0.25, 0.3) is 0 Å². The minimum absolute atomic E-state index is 0.0224. The molecule has 0 atom stereocenters. The van der Waals surface area contributed by atoms with Crippen LogP contribution in [0.3, 0.4) is 0 Å². The van der Waals surface area contributed by atoms with Crippen molar-refractivity contribution in [3.05, 3.63) is 23.8 Å². The van der Waals surface area contributed by atoms with Gasteiger partial charge in [-0.1, -0.05) is 6.07 Å². The van der Waals surface area contributed by atoms with Crippen LogP contribution in [0.4, 0.5) is 5.69 Å². The van der Waals surface area contributed by atoms with Gasteiger partial charge in [0.05, 0.1) is 4.90 Å². The van der Waals surface area contributed by atoms with Crippen LogP contribution in [0, 0.1) is 6.92 Å². The summed E-state index contributed by atoms with van der Waals surface area (Å²) >= 11 is 0. The zero-order valence-corrected chi connectivity index (χ0v) is 10.3. The zero-order valence-electron chi connectivity index (χ0n) is 9.43. The van der Waals surface area contributed by atoms with E-state index in [9.17, 15) is 13.2 Å². The van der Waals surface area contributed by atoms with Crippen LogP contribution in [0.15, 0.2) is 23.1 Å². The molecule has 94 valence electrons. The molecular weight excluding hydrogens is 242 g/mol. The van der Waals surface area contributed by atoms with Gasteiger partial charge in [-0.3, -0.25) is 4.79 Å². The fourth-order valence-corrected chi connectivity index (χ4v) is 2.24. The Bertz CT molecular complexity index is 526. The van der Waals surface area contributed by atoms with E-state index >= 15 is 0 Å². The topological polar surface area (TPSA) is 115 Å². The SMILES string of the molecule is Cc1ccc(S(=O)(=O)NCCC(N)=O)cc1N. The number of carbonyl (C=O) groups excluding carboxylic acids is 1. The molecule has 0 aliphatic rings. The molecule has 0 unspecified atom stereocenters.